The number of H-pyrrole nitrogens is 1. The molecule has 7 nitrogen and oxygen atoms in total. The van der Waals surface area contributed by atoms with E-state index < -0.39 is 29.7 Å². The predicted molar refractivity (Wildman–Crippen MR) is 74.9 cm³/mol. The van der Waals surface area contributed by atoms with Crippen LogP contribution in [0.1, 0.15) is 19.6 Å². The van der Waals surface area contributed by atoms with Crippen LogP contribution in [0.25, 0.3) is 0 Å². The minimum atomic E-state index is -0.861. The van der Waals surface area contributed by atoms with Gasteiger partial charge in [0.15, 0.2) is 6.23 Å². The Hall–Kier alpha value is -1.09. The predicted octanol–water partition coefficient (Wildman–Crippen LogP) is -0.701. The number of thioether (sulfide) groups is 1. The van der Waals surface area contributed by atoms with E-state index in [1.807, 2.05) is 6.92 Å². The Balaban J connectivity index is 2.31. The van der Waals surface area contributed by atoms with Gasteiger partial charge < -0.3 is 14.9 Å². The van der Waals surface area contributed by atoms with Gasteiger partial charge in [0.05, 0.1) is 18.0 Å². The molecule has 0 aliphatic carbocycles. The summed E-state index contributed by atoms with van der Waals surface area (Å²) in [5.41, 5.74) is -1.07. The van der Waals surface area contributed by atoms with Crippen molar-refractivity contribution in [1.82, 2.24) is 9.55 Å². The van der Waals surface area contributed by atoms with E-state index in [1.54, 1.807) is 0 Å². The maximum Gasteiger partial charge on any atom is 0.330 e. The summed E-state index contributed by atoms with van der Waals surface area (Å²) in [4.78, 5) is 25.1. The van der Waals surface area contributed by atoms with Crippen molar-refractivity contribution in [2.75, 3.05) is 12.4 Å². The van der Waals surface area contributed by atoms with Gasteiger partial charge in [-0.1, -0.05) is 6.92 Å². The number of nitrogens with one attached hydrogen (secondary N) is 1. The second-order valence-electron chi connectivity index (χ2n) is 4.59. The van der Waals surface area contributed by atoms with Gasteiger partial charge in [-0.2, -0.15) is 11.8 Å². The minimum absolute atomic E-state index is 0.320. The number of aromatic amines is 1. The van der Waals surface area contributed by atoms with Crippen LogP contribution in [-0.4, -0.2) is 49.6 Å². The number of hydrogen-bond acceptors (Lipinski definition) is 6. The van der Waals surface area contributed by atoms with E-state index in [1.165, 1.54) is 28.6 Å². The number of aliphatic hydroxyl groups is 2. The van der Waals surface area contributed by atoms with E-state index in [9.17, 15) is 19.8 Å². The van der Waals surface area contributed by atoms with Crippen LogP contribution in [0.15, 0.2) is 21.9 Å². The van der Waals surface area contributed by atoms with Gasteiger partial charge in [-0.05, 0) is 12.2 Å². The first-order valence-corrected chi connectivity index (χ1v) is 7.50. The number of aliphatic hydroxyl groups excluding tert-OH is 2. The third kappa shape index (κ3) is 2.98. The second kappa shape index (κ2) is 6.57. The fourth-order valence-electron chi connectivity index (χ4n) is 2.15. The Labute approximate surface area is 119 Å². The van der Waals surface area contributed by atoms with Crippen molar-refractivity contribution < 1.29 is 14.9 Å². The SMILES string of the molecule is CCCSC1[C@@H](O)[C@@H](CO)O[C@H]1n1ccc(=O)[nH]c1=O. The molecule has 1 saturated heterocycles. The zero-order valence-electron chi connectivity index (χ0n) is 11.1. The molecule has 2 rings (SSSR count). The molecular formula is C12H18N2O5S. The first-order chi connectivity index (χ1) is 9.58. The van der Waals surface area contributed by atoms with Crippen LogP contribution in [0, 0.1) is 0 Å². The normalized spacial score (nSPS) is 29.8. The van der Waals surface area contributed by atoms with Gasteiger partial charge in [-0.25, -0.2) is 4.79 Å². The summed E-state index contributed by atoms with van der Waals surface area (Å²) in [5.74, 6) is 0.803. The lowest BCUT2D eigenvalue weighted by Crippen LogP contribution is -2.36. The van der Waals surface area contributed by atoms with E-state index in [2.05, 4.69) is 4.98 Å². The maximum absolute atomic E-state index is 11.8. The van der Waals surface area contributed by atoms with Crippen LogP contribution in [0.5, 0.6) is 0 Å². The van der Waals surface area contributed by atoms with Gasteiger partial charge >= 0.3 is 5.69 Å². The largest absolute Gasteiger partial charge is 0.394 e. The monoisotopic (exact) mass is 302 g/mol. The van der Waals surface area contributed by atoms with Gasteiger partial charge in [-0.3, -0.25) is 14.3 Å². The van der Waals surface area contributed by atoms with Crippen LogP contribution >= 0.6 is 11.8 Å². The molecule has 20 heavy (non-hydrogen) atoms. The number of nitrogens with zero attached hydrogens (tertiary/aromatic N) is 1. The summed E-state index contributed by atoms with van der Waals surface area (Å²) in [6.07, 6.45) is -0.0282. The summed E-state index contributed by atoms with van der Waals surface area (Å²) in [7, 11) is 0. The highest BCUT2D eigenvalue weighted by atomic mass is 32.2. The highest BCUT2D eigenvalue weighted by Crippen LogP contribution is 2.37. The molecule has 0 bridgehead atoms. The van der Waals surface area contributed by atoms with E-state index in [0.717, 1.165) is 12.2 Å². The zero-order chi connectivity index (χ0) is 14.7. The van der Waals surface area contributed by atoms with Crippen LogP contribution in [0.2, 0.25) is 0 Å². The van der Waals surface area contributed by atoms with Gasteiger partial charge in [0.2, 0.25) is 0 Å². The molecule has 0 spiro atoms. The Morgan fingerprint density at radius 2 is 2.25 bits per heavy atom. The molecule has 0 aromatic carbocycles. The lowest BCUT2D eigenvalue weighted by molar-refractivity contribution is -0.0457. The molecule has 0 saturated carbocycles. The van der Waals surface area contributed by atoms with Crippen molar-refractivity contribution in [3.63, 3.8) is 0 Å². The van der Waals surface area contributed by atoms with Crippen LogP contribution < -0.4 is 11.2 Å². The smallest absolute Gasteiger partial charge is 0.330 e. The fourth-order valence-corrected chi connectivity index (χ4v) is 3.39. The molecule has 1 aliphatic rings. The van der Waals surface area contributed by atoms with E-state index in [4.69, 9.17) is 4.74 Å². The molecule has 1 unspecified atom stereocenters. The third-order valence-corrected chi connectivity index (χ3v) is 4.67. The molecule has 4 atom stereocenters. The number of aromatic nitrogens is 2. The highest BCUT2D eigenvalue weighted by Gasteiger charge is 2.44. The average molecular weight is 302 g/mol. The van der Waals surface area contributed by atoms with Gasteiger partial charge in [0, 0.05) is 12.3 Å². The van der Waals surface area contributed by atoms with Crippen molar-refractivity contribution in [3.8, 4) is 0 Å². The van der Waals surface area contributed by atoms with Crippen LogP contribution in [-0.2, 0) is 4.74 Å². The van der Waals surface area contributed by atoms with Gasteiger partial charge in [0.25, 0.3) is 5.56 Å². The van der Waals surface area contributed by atoms with Crippen molar-refractivity contribution in [1.29, 1.82) is 0 Å². The van der Waals surface area contributed by atoms with E-state index in [0.29, 0.717) is 0 Å². The van der Waals surface area contributed by atoms with Crippen molar-refractivity contribution in [2.24, 2.45) is 0 Å². The van der Waals surface area contributed by atoms with Crippen LogP contribution in [0.4, 0.5) is 0 Å². The molecular weight excluding hydrogens is 284 g/mol. The maximum atomic E-state index is 11.8. The standard InChI is InChI=1S/C12H18N2O5S/c1-2-5-20-10-9(17)7(6-15)19-11(10)14-4-3-8(16)13-12(14)18/h3-4,7,9-11,15,17H,2,5-6H2,1H3,(H,13,16,18)/t7-,9+,10?,11-/m1/s1. The Bertz CT molecular complexity index is 557. The molecule has 1 fully saturated rings. The number of rotatable bonds is 5. The Morgan fingerprint density at radius 3 is 2.85 bits per heavy atom. The van der Waals surface area contributed by atoms with Crippen molar-refractivity contribution in [3.05, 3.63) is 33.1 Å². The first kappa shape index (κ1) is 15.3. The molecule has 112 valence electrons. The third-order valence-electron chi connectivity index (χ3n) is 3.13. The molecule has 8 heteroatoms. The number of hydrogen-bond donors (Lipinski definition) is 3. The van der Waals surface area contributed by atoms with Gasteiger partial charge in [-0.15, -0.1) is 0 Å². The molecule has 1 aromatic heterocycles. The molecule has 0 radical (unpaired) electrons. The van der Waals surface area contributed by atoms with Crippen molar-refractivity contribution in [2.45, 2.75) is 37.0 Å². The molecule has 2 heterocycles. The molecule has 1 aromatic rings. The fraction of sp³-hybridized carbons (Fsp3) is 0.667. The second-order valence-corrected chi connectivity index (χ2v) is 5.88. The summed E-state index contributed by atoms with van der Waals surface area (Å²) in [5, 5.41) is 19.0. The molecule has 1 aliphatic heterocycles. The summed E-state index contributed by atoms with van der Waals surface area (Å²) in [6, 6.07) is 1.23. The van der Waals surface area contributed by atoms with Crippen LogP contribution in [0.3, 0.4) is 0 Å². The lowest BCUT2D eigenvalue weighted by atomic mass is 10.2. The Morgan fingerprint density at radius 1 is 1.50 bits per heavy atom. The van der Waals surface area contributed by atoms with E-state index >= 15 is 0 Å². The minimum Gasteiger partial charge on any atom is -0.394 e. The number of ether oxygens (including phenoxy) is 1. The van der Waals surface area contributed by atoms with E-state index in [-0.39, 0.29) is 11.9 Å². The zero-order valence-corrected chi connectivity index (χ0v) is 11.9. The molecule has 0 amide bonds. The van der Waals surface area contributed by atoms with Crippen molar-refractivity contribution >= 4 is 11.8 Å². The van der Waals surface area contributed by atoms with Gasteiger partial charge in [0.1, 0.15) is 6.10 Å². The summed E-state index contributed by atoms with van der Waals surface area (Å²) >= 11 is 1.49. The lowest BCUT2D eigenvalue weighted by Gasteiger charge is -2.21. The average Bonchev–Trinajstić information content (AvgIpc) is 2.73. The Kier molecular flexibility index (Phi) is 5.03. The summed E-state index contributed by atoms with van der Waals surface area (Å²) < 4.78 is 6.80. The molecule has 3 N–H and O–H groups in total. The summed E-state index contributed by atoms with van der Waals surface area (Å²) in [6.45, 7) is 1.69. The first-order valence-electron chi connectivity index (χ1n) is 6.46. The highest BCUT2D eigenvalue weighted by molar-refractivity contribution is 8.00. The quantitative estimate of drug-likeness (QED) is 0.664. The topological polar surface area (TPSA) is 105 Å².